The normalized spacial score (nSPS) is 15.1. The number of benzene rings is 1. The Labute approximate surface area is 112 Å². The zero-order chi connectivity index (χ0) is 12.8. The lowest BCUT2D eigenvalue weighted by Gasteiger charge is -2.13. The third-order valence-electron chi connectivity index (χ3n) is 2.99. The summed E-state index contributed by atoms with van der Waals surface area (Å²) >= 11 is 5.84. The Morgan fingerprint density at radius 3 is 2.72 bits per heavy atom. The van der Waals surface area contributed by atoms with E-state index in [0.29, 0.717) is 10.7 Å². The van der Waals surface area contributed by atoms with Crippen molar-refractivity contribution in [2.75, 3.05) is 5.32 Å². The van der Waals surface area contributed by atoms with Crippen molar-refractivity contribution in [3.05, 3.63) is 41.1 Å². The number of nitrogens with one attached hydrogen (secondary N) is 2. The molecule has 0 aliphatic heterocycles. The number of carbonyl (C=O) groups excluding carboxylic acids is 1. The van der Waals surface area contributed by atoms with Crippen LogP contribution in [0, 0.1) is 0 Å². The largest absolute Gasteiger partial charge is 0.323 e. The van der Waals surface area contributed by atoms with E-state index < -0.39 is 0 Å². The van der Waals surface area contributed by atoms with E-state index in [1.165, 1.54) is 24.8 Å². The van der Waals surface area contributed by atoms with Gasteiger partial charge in [-0.15, -0.1) is 0 Å². The van der Waals surface area contributed by atoms with E-state index in [0.717, 1.165) is 12.8 Å². The molecule has 4 heteroatoms. The van der Waals surface area contributed by atoms with Crippen molar-refractivity contribution in [2.24, 2.45) is 0 Å². The Balaban J connectivity index is 1.85. The summed E-state index contributed by atoms with van der Waals surface area (Å²) in [7, 11) is 0. The summed E-state index contributed by atoms with van der Waals surface area (Å²) in [6.07, 6.45) is 7.77. The molecule has 1 aliphatic carbocycles. The Hall–Kier alpha value is -1.48. The van der Waals surface area contributed by atoms with Crippen LogP contribution in [0.2, 0.25) is 5.02 Å². The molecule has 0 saturated heterocycles. The predicted octanol–water partition coefficient (Wildman–Crippen LogP) is 4.31. The molecule has 0 heterocycles. The maximum absolute atomic E-state index is 11.7. The monoisotopic (exact) mass is 264 g/mol. The standard InChI is InChI=1S/C14H17ClN2O/c15-12-7-4-8-13(9-12)17-14(18)16-10-11-5-2-1-3-6-11/h4,7-10H,1-3,5-6H2,(H2,16,17,18). The summed E-state index contributed by atoms with van der Waals surface area (Å²) in [5.41, 5.74) is 2.02. The molecular weight excluding hydrogens is 248 g/mol. The first kappa shape index (κ1) is 13.0. The second-order valence-corrected chi connectivity index (χ2v) is 4.91. The minimum Gasteiger partial charge on any atom is -0.314 e. The predicted molar refractivity (Wildman–Crippen MR) is 74.8 cm³/mol. The molecule has 2 rings (SSSR count). The molecule has 0 aromatic heterocycles. The van der Waals surface area contributed by atoms with E-state index in [9.17, 15) is 4.79 Å². The summed E-state index contributed by atoms with van der Waals surface area (Å²) in [5, 5.41) is 6.12. The van der Waals surface area contributed by atoms with E-state index in [-0.39, 0.29) is 6.03 Å². The summed E-state index contributed by atoms with van der Waals surface area (Å²) in [6, 6.07) is 6.87. The van der Waals surface area contributed by atoms with Crippen molar-refractivity contribution < 1.29 is 4.79 Å². The van der Waals surface area contributed by atoms with Crippen molar-refractivity contribution in [3.63, 3.8) is 0 Å². The van der Waals surface area contributed by atoms with Crippen molar-refractivity contribution in [1.29, 1.82) is 0 Å². The number of amides is 2. The SMILES string of the molecule is O=C(NC=C1CCCCC1)Nc1cccc(Cl)c1. The van der Waals surface area contributed by atoms with Gasteiger partial charge in [-0.2, -0.15) is 0 Å². The lowest BCUT2D eigenvalue weighted by molar-refractivity contribution is 0.255. The van der Waals surface area contributed by atoms with Gasteiger partial charge in [-0.1, -0.05) is 29.7 Å². The quantitative estimate of drug-likeness (QED) is 0.821. The first-order valence-corrected chi connectivity index (χ1v) is 6.63. The first-order chi connectivity index (χ1) is 8.74. The molecule has 1 aromatic rings. The van der Waals surface area contributed by atoms with Gasteiger partial charge >= 0.3 is 6.03 Å². The molecule has 3 nitrogen and oxygen atoms in total. The van der Waals surface area contributed by atoms with Crippen molar-refractivity contribution in [1.82, 2.24) is 5.32 Å². The highest BCUT2D eigenvalue weighted by atomic mass is 35.5. The first-order valence-electron chi connectivity index (χ1n) is 6.25. The van der Waals surface area contributed by atoms with Crippen LogP contribution in [0.4, 0.5) is 10.5 Å². The maximum atomic E-state index is 11.7. The van der Waals surface area contributed by atoms with Crippen LogP contribution in [0.1, 0.15) is 32.1 Å². The highest BCUT2D eigenvalue weighted by Gasteiger charge is 2.06. The van der Waals surface area contributed by atoms with Crippen LogP contribution in [-0.4, -0.2) is 6.03 Å². The van der Waals surface area contributed by atoms with E-state index in [1.807, 2.05) is 6.20 Å². The number of rotatable bonds is 2. The summed E-state index contributed by atoms with van der Waals surface area (Å²) < 4.78 is 0. The van der Waals surface area contributed by atoms with E-state index in [1.54, 1.807) is 24.3 Å². The van der Waals surface area contributed by atoms with E-state index in [2.05, 4.69) is 10.6 Å². The molecule has 18 heavy (non-hydrogen) atoms. The topological polar surface area (TPSA) is 41.1 Å². The van der Waals surface area contributed by atoms with Gasteiger partial charge in [-0.25, -0.2) is 4.79 Å². The molecule has 0 radical (unpaired) electrons. The van der Waals surface area contributed by atoms with Crippen LogP contribution in [0.25, 0.3) is 0 Å². The smallest absolute Gasteiger partial charge is 0.314 e. The van der Waals surface area contributed by atoms with Gasteiger partial charge < -0.3 is 10.6 Å². The third kappa shape index (κ3) is 4.08. The number of hydrogen-bond donors (Lipinski definition) is 2. The second kappa shape index (κ2) is 6.45. The van der Waals surface area contributed by atoms with E-state index in [4.69, 9.17) is 11.6 Å². The highest BCUT2D eigenvalue weighted by Crippen LogP contribution is 2.21. The van der Waals surface area contributed by atoms with Gasteiger partial charge in [0.25, 0.3) is 0 Å². The van der Waals surface area contributed by atoms with Gasteiger partial charge in [0.05, 0.1) is 0 Å². The molecule has 96 valence electrons. The van der Waals surface area contributed by atoms with Crippen LogP contribution in [0.15, 0.2) is 36.0 Å². The average molecular weight is 265 g/mol. The second-order valence-electron chi connectivity index (χ2n) is 4.47. The Kier molecular flexibility index (Phi) is 4.65. The van der Waals surface area contributed by atoms with Crippen molar-refractivity contribution in [3.8, 4) is 0 Å². The van der Waals surface area contributed by atoms with Crippen LogP contribution in [0.5, 0.6) is 0 Å². The van der Waals surface area contributed by atoms with Gasteiger partial charge in [0, 0.05) is 16.9 Å². The van der Waals surface area contributed by atoms with Crippen LogP contribution >= 0.6 is 11.6 Å². The Morgan fingerprint density at radius 1 is 1.22 bits per heavy atom. The van der Waals surface area contributed by atoms with Crippen LogP contribution in [0.3, 0.4) is 0 Å². The zero-order valence-corrected chi connectivity index (χ0v) is 11.0. The van der Waals surface area contributed by atoms with Gasteiger partial charge in [-0.05, 0) is 43.9 Å². The molecule has 0 spiro atoms. The van der Waals surface area contributed by atoms with Gasteiger partial charge in [0.1, 0.15) is 0 Å². The van der Waals surface area contributed by atoms with E-state index >= 15 is 0 Å². The van der Waals surface area contributed by atoms with Gasteiger partial charge in [0.15, 0.2) is 0 Å². The van der Waals surface area contributed by atoms with Gasteiger partial charge in [-0.3, -0.25) is 0 Å². The number of allylic oxidation sites excluding steroid dienone is 1. The summed E-state index contributed by atoms with van der Waals surface area (Å²) in [6.45, 7) is 0. The third-order valence-corrected chi connectivity index (χ3v) is 3.22. The average Bonchev–Trinajstić information content (AvgIpc) is 2.38. The Bertz CT molecular complexity index is 449. The number of halogens is 1. The number of carbonyl (C=O) groups is 1. The molecule has 0 bridgehead atoms. The number of hydrogen-bond acceptors (Lipinski definition) is 1. The van der Waals surface area contributed by atoms with Gasteiger partial charge in [0.2, 0.25) is 0 Å². The molecular formula is C14H17ClN2O. The van der Waals surface area contributed by atoms with Crippen molar-refractivity contribution in [2.45, 2.75) is 32.1 Å². The lowest BCUT2D eigenvalue weighted by Crippen LogP contribution is -2.24. The van der Waals surface area contributed by atoms with Crippen LogP contribution < -0.4 is 10.6 Å². The molecule has 1 saturated carbocycles. The van der Waals surface area contributed by atoms with Crippen LogP contribution in [-0.2, 0) is 0 Å². The molecule has 0 atom stereocenters. The molecule has 1 aliphatic rings. The molecule has 2 N–H and O–H groups in total. The number of anilines is 1. The Morgan fingerprint density at radius 2 is 2.00 bits per heavy atom. The maximum Gasteiger partial charge on any atom is 0.323 e. The molecule has 1 fully saturated rings. The highest BCUT2D eigenvalue weighted by molar-refractivity contribution is 6.30. The summed E-state index contributed by atoms with van der Waals surface area (Å²) in [5.74, 6) is 0. The van der Waals surface area contributed by atoms with Crippen molar-refractivity contribution >= 4 is 23.3 Å². The minimum absolute atomic E-state index is 0.227. The molecule has 1 aromatic carbocycles. The fraction of sp³-hybridized carbons (Fsp3) is 0.357. The zero-order valence-electron chi connectivity index (χ0n) is 10.2. The fourth-order valence-electron chi connectivity index (χ4n) is 2.05. The summed E-state index contributed by atoms with van der Waals surface area (Å²) in [4.78, 5) is 11.7. The molecule has 0 unspecified atom stereocenters. The fourth-order valence-corrected chi connectivity index (χ4v) is 2.24. The number of urea groups is 1. The molecule has 2 amide bonds. The minimum atomic E-state index is -0.227. The lowest BCUT2D eigenvalue weighted by atomic mass is 9.96.